The summed E-state index contributed by atoms with van der Waals surface area (Å²) in [5.41, 5.74) is 2.67. The van der Waals surface area contributed by atoms with Crippen molar-refractivity contribution in [2.45, 2.75) is 77.0 Å². The van der Waals surface area contributed by atoms with Gasteiger partial charge in [-0.3, -0.25) is 9.78 Å². The number of pyridine rings is 1. The van der Waals surface area contributed by atoms with Crippen LogP contribution in [0, 0.1) is 23.1 Å². The molecule has 1 aliphatic rings. The van der Waals surface area contributed by atoms with Gasteiger partial charge in [0.25, 0.3) is 0 Å². The van der Waals surface area contributed by atoms with Gasteiger partial charge in [-0.2, -0.15) is 5.26 Å². The molecule has 5 heteroatoms. The molecule has 0 spiro atoms. The minimum atomic E-state index is -0.684. The molecule has 1 aromatic heterocycles. The highest BCUT2D eigenvalue weighted by molar-refractivity contribution is 5.75. The summed E-state index contributed by atoms with van der Waals surface area (Å²) in [6, 6.07) is 10.1. The van der Waals surface area contributed by atoms with Gasteiger partial charge in [-0.25, -0.2) is 4.39 Å². The van der Waals surface area contributed by atoms with E-state index in [-0.39, 0.29) is 17.2 Å². The van der Waals surface area contributed by atoms with E-state index >= 15 is 0 Å². The standard InChI is InChI=1S/C26H31FN2O2/c1-2-3-4-5-6-7-19-14-15-29-24(17-19)21-9-11-22(12-10-21)26(30)31-25-13-8-20(18-28)16-23(25)27/h8,13-17,21-22H,2-7,9-12H2,1H3. The normalized spacial score (nSPS) is 18.4. The number of hydrogen-bond acceptors (Lipinski definition) is 4. The van der Waals surface area contributed by atoms with Crippen LogP contribution in [0.3, 0.4) is 0 Å². The third-order valence-electron chi connectivity index (χ3n) is 6.16. The lowest BCUT2D eigenvalue weighted by molar-refractivity contribution is -0.140. The number of ether oxygens (including phenoxy) is 1. The average Bonchev–Trinajstić information content (AvgIpc) is 2.80. The number of rotatable bonds is 9. The van der Waals surface area contributed by atoms with E-state index in [1.54, 1.807) is 0 Å². The van der Waals surface area contributed by atoms with Crippen LogP contribution in [0.4, 0.5) is 4.39 Å². The van der Waals surface area contributed by atoms with E-state index in [4.69, 9.17) is 10.00 Å². The summed E-state index contributed by atoms with van der Waals surface area (Å²) in [5.74, 6) is -1.06. The quantitative estimate of drug-likeness (QED) is 0.263. The van der Waals surface area contributed by atoms with E-state index in [2.05, 4.69) is 24.0 Å². The number of aryl methyl sites for hydroxylation is 1. The molecule has 0 aliphatic heterocycles. The van der Waals surface area contributed by atoms with E-state index in [0.717, 1.165) is 31.0 Å². The van der Waals surface area contributed by atoms with Gasteiger partial charge in [0, 0.05) is 17.8 Å². The lowest BCUT2D eigenvalue weighted by Gasteiger charge is -2.27. The largest absolute Gasteiger partial charge is 0.423 e. The first-order valence-corrected chi connectivity index (χ1v) is 11.5. The molecule has 0 atom stereocenters. The van der Waals surface area contributed by atoms with Crippen LogP contribution >= 0.6 is 0 Å². The number of hydrogen-bond donors (Lipinski definition) is 0. The number of unbranched alkanes of at least 4 members (excludes halogenated alkanes) is 4. The van der Waals surface area contributed by atoms with Gasteiger partial charge in [-0.05, 0) is 74.4 Å². The maximum absolute atomic E-state index is 14.0. The average molecular weight is 423 g/mol. The van der Waals surface area contributed by atoms with Crippen LogP contribution in [-0.4, -0.2) is 11.0 Å². The summed E-state index contributed by atoms with van der Waals surface area (Å²) in [6.07, 6.45) is 12.6. The molecule has 0 bridgehead atoms. The first-order chi connectivity index (χ1) is 15.1. The van der Waals surface area contributed by atoms with Crippen molar-refractivity contribution < 1.29 is 13.9 Å². The molecule has 0 saturated heterocycles. The number of esters is 1. The fraction of sp³-hybridized carbons (Fsp3) is 0.500. The second kappa shape index (κ2) is 11.6. The molecule has 0 N–H and O–H groups in total. The van der Waals surface area contributed by atoms with Crippen LogP contribution in [-0.2, 0) is 11.2 Å². The van der Waals surface area contributed by atoms with Crippen LogP contribution in [0.25, 0.3) is 0 Å². The van der Waals surface area contributed by atoms with Crippen LogP contribution in [0.1, 0.15) is 87.4 Å². The van der Waals surface area contributed by atoms with Gasteiger partial charge in [0.2, 0.25) is 0 Å². The summed E-state index contributed by atoms with van der Waals surface area (Å²) in [4.78, 5) is 17.1. The Kier molecular flexibility index (Phi) is 8.58. The lowest BCUT2D eigenvalue weighted by atomic mass is 9.80. The molecule has 1 heterocycles. The first kappa shape index (κ1) is 22.9. The van der Waals surface area contributed by atoms with Crippen molar-refractivity contribution in [2.75, 3.05) is 0 Å². The van der Waals surface area contributed by atoms with Crippen LogP contribution < -0.4 is 4.74 Å². The number of aromatic nitrogens is 1. The molecule has 1 fully saturated rings. The Morgan fingerprint density at radius 2 is 1.90 bits per heavy atom. The van der Waals surface area contributed by atoms with E-state index in [1.165, 1.54) is 49.8 Å². The fourth-order valence-corrected chi connectivity index (χ4v) is 4.28. The summed E-state index contributed by atoms with van der Waals surface area (Å²) >= 11 is 0. The molecule has 31 heavy (non-hydrogen) atoms. The highest BCUT2D eigenvalue weighted by Gasteiger charge is 2.29. The smallest absolute Gasteiger partial charge is 0.314 e. The molecule has 4 nitrogen and oxygen atoms in total. The van der Waals surface area contributed by atoms with Gasteiger partial charge in [-0.15, -0.1) is 0 Å². The molecular formula is C26H31FN2O2. The van der Waals surface area contributed by atoms with Crippen molar-refractivity contribution in [1.82, 2.24) is 4.98 Å². The van der Waals surface area contributed by atoms with E-state index in [9.17, 15) is 9.18 Å². The Balaban J connectivity index is 1.49. The van der Waals surface area contributed by atoms with E-state index in [0.29, 0.717) is 18.8 Å². The van der Waals surface area contributed by atoms with Crippen molar-refractivity contribution in [3.05, 3.63) is 59.2 Å². The van der Waals surface area contributed by atoms with Crippen molar-refractivity contribution in [3.8, 4) is 11.8 Å². The Morgan fingerprint density at radius 1 is 1.13 bits per heavy atom. The molecule has 1 aliphatic carbocycles. The third-order valence-corrected chi connectivity index (χ3v) is 6.16. The number of carbonyl (C=O) groups is 1. The molecule has 0 unspecified atom stereocenters. The third kappa shape index (κ3) is 6.62. The van der Waals surface area contributed by atoms with Crippen LogP contribution in [0.15, 0.2) is 36.5 Å². The first-order valence-electron chi connectivity index (χ1n) is 11.5. The second-order valence-electron chi connectivity index (χ2n) is 8.48. The molecular weight excluding hydrogens is 391 g/mol. The molecule has 2 aromatic rings. The zero-order chi connectivity index (χ0) is 22.1. The molecule has 1 aromatic carbocycles. The van der Waals surface area contributed by atoms with Crippen molar-refractivity contribution in [1.29, 1.82) is 5.26 Å². The Labute approximate surface area is 184 Å². The maximum atomic E-state index is 14.0. The Bertz CT molecular complexity index is 914. The second-order valence-corrected chi connectivity index (χ2v) is 8.48. The van der Waals surface area contributed by atoms with Gasteiger partial charge >= 0.3 is 5.97 Å². The highest BCUT2D eigenvalue weighted by atomic mass is 19.1. The summed E-state index contributed by atoms with van der Waals surface area (Å²) in [5, 5.41) is 8.82. The Morgan fingerprint density at radius 3 is 2.61 bits per heavy atom. The maximum Gasteiger partial charge on any atom is 0.314 e. The predicted octanol–water partition coefficient (Wildman–Crippen LogP) is 6.48. The van der Waals surface area contributed by atoms with E-state index in [1.807, 2.05) is 12.3 Å². The number of carbonyl (C=O) groups excluding carboxylic acids is 1. The SMILES string of the molecule is CCCCCCCc1ccnc(C2CCC(C(=O)Oc3ccc(C#N)cc3F)CC2)c1. The summed E-state index contributed by atoms with van der Waals surface area (Å²) in [6.45, 7) is 2.23. The number of halogens is 1. The number of nitriles is 1. The minimum absolute atomic E-state index is 0.112. The van der Waals surface area contributed by atoms with Gasteiger partial charge in [0.05, 0.1) is 17.6 Å². The Hall–Kier alpha value is -2.74. The van der Waals surface area contributed by atoms with E-state index < -0.39 is 11.8 Å². The zero-order valence-corrected chi connectivity index (χ0v) is 18.3. The molecule has 3 rings (SSSR count). The monoisotopic (exact) mass is 422 g/mol. The predicted molar refractivity (Wildman–Crippen MR) is 118 cm³/mol. The molecule has 164 valence electrons. The highest BCUT2D eigenvalue weighted by Crippen LogP contribution is 2.36. The topological polar surface area (TPSA) is 63.0 Å². The van der Waals surface area contributed by atoms with Gasteiger partial charge < -0.3 is 4.74 Å². The van der Waals surface area contributed by atoms with Crippen molar-refractivity contribution in [2.24, 2.45) is 5.92 Å². The van der Waals surface area contributed by atoms with Gasteiger partial charge in [0.1, 0.15) is 0 Å². The molecule has 0 amide bonds. The number of nitrogens with zero attached hydrogens (tertiary/aromatic N) is 2. The summed E-state index contributed by atoms with van der Waals surface area (Å²) < 4.78 is 19.3. The zero-order valence-electron chi connectivity index (χ0n) is 18.3. The number of benzene rings is 1. The fourth-order valence-electron chi connectivity index (χ4n) is 4.28. The molecule has 0 radical (unpaired) electrons. The lowest BCUT2D eigenvalue weighted by Crippen LogP contribution is -2.25. The van der Waals surface area contributed by atoms with Crippen molar-refractivity contribution >= 4 is 5.97 Å². The molecule has 1 saturated carbocycles. The van der Waals surface area contributed by atoms with Crippen LogP contribution in [0.5, 0.6) is 5.75 Å². The minimum Gasteiger partial charge on any atom is -0.423 e. The van der Waals surface area contributed by atoms with Gasteiger partial charge in [-0.1, -0.05) is 32.6 Å². The summed E-state index contributed by atoms with van der Waals surface area (Å²) in [7, 11) is 0. The van der Waals surface area contributed by atoms with Crippen LogP contribution in [0.2, 0.25) is 0 Å². The van der Waals surface area contributed by atoms with Crippen molar-refractivity contribution in [3.63, 3.8) is 0 Å². The van der Waals surface area contributed by atoms with Gasteiger partial charge in [0.15, 0.2) is 11.6 Å².